The first-order chi connectivity index (χ1) is 13.0. The van der Waals surface area contributed by atoms with Crippen molar-refractivity contribution in [1.82, 2.24) is 5.32 Å². The van der Waals surface area contributed by atoms with E-state index in [4.69, 9.17) is 4.74 Å². The summed E-state index contributed by atoms with van der Waals surface area (Å²) in [5.74, 6) is 1.29. The third-order valence-corrected chi connectivity index (χ3v) is 3.89. The van der Waals surface area contributed by atoms with Crippen molar-refractivity contribution in [2.24, 2.45) is 0 Å². The van der Waals surface area contributed by atoms with E-state index >= 15 is 0 Å². The molecule has 0 bridgehead atoms. The molecule has 27 heavy (non-hydrogen) atoms. The Bertz CT molecular complexity index is 730. The summed E-state index contributed by atoms with van der Waals surface area (Å²) >= 11 is 0. The molecule has 0 heterocycles. The van der Waals surface area contributed by atoms with Gasteiger partial charge >= 0.3 is 0 Å². The van der Waals surface area contributed by atoms with Gasteiger partial charge in [0.25, 0.3) is 11.8 Å². The van der Waals surface area contributed by atoms with Crippen LogP contribution in [0.15, 0.2) is 54.6 Å². The molecule has 2 aromatic rings. The van der Waals surface area contributed by atoms with Crippen molar-refractivity contribution in [2.45, 2.75) is 26.8 Å². The van der Waals surface area contributed by atoms with E-state index in [1.54, 1.807) is 12.1 Å². The van der Waals surface area contributed by atoms with Crippen LogP contribution in [0.2, 0.25) is 0 Å². The Morgan fingerprint density at radius 2 is 1.52 bits per heavy atom. The first-order valence-corrected chi connectivity index (χ1v) is 9.22. The fraction of sp³-hybridized carbons (Fsp3) is 0.333. The molecule has 144 valence electrons. The molecule has 1 unspecified atom stereocenters. The average Bonchev–Trinajstić information content (AvgIpc) is 2.63. The van der Waals surface area contributed by atoms with Gasteiger partial charge in [-0.25, -0.2) is 0 Å². The van der Waals surface area contributed by atoms with Crippen LogP contribution in [-0.4, -0.2) is 37.5 Å². The van der Waals surface area contributed by atoms with Gasteiger partial charge in [-0.05, 0) is 57.2 Å². The molecule has 0 radical (unpaired) electrons. The predicted octanol–water partition coefficient (Wildman–Crippen LogP) is 1.85. The number of nitrogens with one attached hydrogen (secondary N) is 3. The second-order valence-corrected chi connectivity index (χ2v) is 6.67. The van der Waals surface area contributed by atoms with Crippen molar-refractivity contribution < 1.29 is 19.2 Å². The minimum Gasteiger partial charge on any atom is -0.457 e. The van der Waals surface area contributed by atoms with Crippen LogP contribution in [0.4, 0.5) is 5.69 Å². The van der Waals surface area contributed by atoms with Crippen molar-refractivity contribution in [3.63, 3.8) is 0 Å². The first-order valence-electron chi connectivity index (χ1n) is 9.22. The molecule has 0 spiro atoms. The summed E-state index contributed by atoms with van der Waals surface area (Å²) in [5.41, 5.74) is 0.697. The normalized spacial score (nSPS) is 11.7. The van der Waals surface area contributed by atoms with Gasteiger partial charge in [-0.3, -0.25) is 9.59 Å². The molecule has 0 saturated heterocycles. The molecular weight excluding hydrogens is 342 g/mol. The second kappa shape index (κ2) is 10.3. The Hall–Kier alpha value is -2.86. The van der Waals surface area contributed by atoms with Gasteiger partial charge in [0.05, 0.1) is 6.54 Å². The molecule has 1 atom stereocenters. The third kappa shape index (κ3) is 7.50. The van der Waals surface area contributed by atoms with Gasteiger partial charge in [-0.2, -0.15) is 0 Å². The highest BCUT2D eigenvalue weighted by molar-refractivity contribution is 5.91. The van der Waals surface area contributed by atoms with Crippen molar-refractivity contribution >= 4 is 17.5 Å². The molecule has 0 saturated carbocycles. The van der Waals surface area contributed by atoms with Crippen molar-refractivity contribution in [2.75, 3.05) is 25.0 Å². The number of para-hydroxylation sites is 1. The summed E-state index contributed by atoms with van der Waals surface area (Å²) in [7, 11) is 0. The van der Waals surface area contributed by atoms with Crippen LogP contribution in [0.25, 0.3) is 0 Å². The summed E-state index contributed by atoms with van der Waals surface area (Å²) < 4.78 is 5.73. The third-order valence-electron chi connectivity index (χ3n) is 3.89. The van der Waals surface area contributed by atoms with Crippen LogP contribution in [0.3, 0.4) is 0 Å². The fourth-order valence-electron chi connectivity index (χ4n) is 2.58. The Morgan fingerprint density at radius 3 is 2.11 bits per heavy atom. The van der Waals surface area contributed by atoms with Gasteiger partial charge in [0, 0.05) is 11.7 Å². The number of amides is 2. The van der Waals surface area contributed by atoms with Crippen molar-refractivity contribution in [3.05, 3.63) is 54.6 Å². The van der Waals surface area contributed by atoms with Crippen LogP contribution in [-0.2, 0) is 9.59 Å². The van der Waals surface area contributed by atoms with E-state index in [9.17, 15) is 9.59 Å². The molecule has 2 aromatic carbocycles. The molecular formula is C21H28N3O3+. The van der Waals surface area contributed by atoms with Crippen LogP contribution in [0, 0.1) is 0 Å². The highest BCUT2D eigenvalue weighted by atomic mass is 16.5. The highest BCUT2D eigenvalue weighted by Gasteiger charge is 2.17. The van der Waals surface area contributed by atoms with Gasteiger partial charge in [-0.1, -0.05) is 18.2 Å². The zero-order valence-electron chi connectivity index (χ0n) is 16.1. The number of benzene rings is 2. The summed E-state index contributed by atoms with van der Waals surface area (Å²) in [6.07, 6.45) is 0. The van der Waals surface area contributed by atoms with Gasteiger partial charge in [0.15, 0.2) is 13.1 Å². The van der Waals surface area contributed by atoms with E-state index in [1.165, 1.54) is 0 Å². The van der Waals surface area contributed by atoms with Crippen molar-refractivity contribution in [3.8, 4) is 11.5 Å². The number of anilines is 1. The molecule has 0 aliphatic carbocycles. The Kier molecular flexibility index (Phi) is 7.82. The molecule has 0 aliphatic heterocycles. The van der Waals surface area contributed by atoms with Crippen molar-refractivity contribution in [1.29, 1.82) is 0 Å². The minimum absolute atomic E-state index is 0.0444. The number of carbonyl (C=O) groups is 2. The smallest absolute Gasteiger partial charge is 0.279 e. The maximum Gasteiger partial charge on any atom is 0.279 e. The quantitative estimate of drug-likeness (QED) is 0.631. The summed E-state index contributed by atoms with van der Waals surface area (Å²) in [6, 6.07) is 16.8. The standard InChI is InChI=1S/C21H27N3O3/c1-4-24(14-20(25)22-16(2)3)15-21(26)23-17-10-12-19(13-11-17)27-18-8-6-5-7-9-18/h5-13,16H,4,14-15H2,1-3H3,(H,22,25)(H,23,26)/p+1. The number of likely N-dealkylation sites (N-methyl/N-ethyl adjacent to an activating group) is 1. The van der Waals surface area contributed by atoms with Gasteiger partial charge in [0.2, 0.25) is 0 Å². The second-order valence-electron chi connectivity index (χ2n) is 6.67. The number of hydrogen-bond donors (Lipinski definition) is 3. The zero-order chi connectivity index (χ0) is 19.6. The summed E-state index contributed by atoms with van der Waals surface area (Å²) in [6.45, 7) is 7.02. The van der Waals surface area contributed by atoms with Gasteiger partial charge < -0.3 is 20.3 Å². The molecule has 3 N–H and O–H groups in total. The Labute approximate surface area is 160 Å². The van der Waals surface area contributed by atoms with E-state index in [0.717, 1.165) is 10.6 Å². The topological polar surface area (TPSA) is 71.9 Å². The van der Waals surface area contributed by atoms with E-state index in [0.29, 0.717) is 18.0 Å². The highest BCUT2D eigenvalue weighted by Crippen LogP contribution is 2.22. The number of ether oxygens (including phenoxy) is 1. The van der Waals surface area contributed by atoms with E-state index in [1.807, 2.05) is 63.2 Å². The number of carbonyl (C=O) groups excluding carboxylic acids is 2. The Balaban J connectivity index is 1.84. The van der Waals surface area contributed by atoms with Crippen LogP contribution >= 0.6 is 0 Å². The predicted molar refractivity (Wildman–Crippen MR) is 106 cm³/mol. The SMILES string of the molecule is CC[NH+](CC(=O)Nc1ccc(Oc2ccccc2)cc1)CC(=O)NC(C)C. The lowest BCUT2D eigenvalue weighted by Crippen LogP contribution is -3.14. The lowest BCUT2D eigenvalue weighted by Gasteiger charge is -2.18. The lowest BCUT2D eigenvalue weighted by molar-refractivity contribution is -0.881. The average molecular weight is 370 g/mol. The number of hydrogen-bond acceptors (Lipinski definition) is 3. The zero-order valence-corrected chi connectivity index (χ0v) is 16.1. The number of quaternary nitrogens is 1. The molecule has 2 amide bonds. The van der Waals surface area contributed by atoms with Crippen LogP contribution in [0.1, 0.15) is 20.8 Å². The van der Waals surface area contributed by atoms with Gasteiger partial charge in [-0.15, -0.1) is 0 Å². The largest absolute Gasteiger partial charge is 0.457 e. The molecule has 6 heteroatoms. The maximum absolute atomic E-state index is 12.3. The first kappa shape index (κ1) is 20.5. The van der Waals surface area contributed by atoms with E-state index in [-0.39, 0.29) is 30.9 Å². The molecule has 2 rings (SSSR count). The molecule has 6 nitrogen and oxygen atoms in total. The maximum atomic E-state index is 12.3. The van der Waals surface area contributed by atoms with E-state index in [2.05, 4.69) is 10.6 Å². The Morgan fingerprint density at radius 1 is 0.926 bits per heavy atom. The summed E-state index contributed by atoms with van der Waals surface area (Å²) in [4.78, 5) is 25.1. The number of rotatable bonds is 9. The van der Waals surface area contributed by atoms with E-state index < -0.39 is 0 Å². The molecule has 0 fully saturated rings. The molecule has 0 aliphatic rings. The molecule has 0 aromatic heterocycles. The van der Waals surface area contributed by atoms with Crippen LogP contribution in [0.5, 0.6) is 11.5 Å². The van der Waals surface area contributed by atoms with Crippen LogP contribution < -0.4 is 20.3 Å². The summed E-state index contributed by atoms with van der Waals surface area (Å²) in [5, 5.41) is 5.72. The fourth-order valence-corrected chi connectivity index (χ4v) is 2.58. The monoisotopic (exact) mass is 370 g/mol. The minimum atomic E-state index is -0.124. The lowest BCUT2D eigenvalue weighted by atomic mass is 10.3. The van der Waals surface area contributed by atoms with Gasteiger partial charge in [0.1, 0.15) is 11.5 Å².